The molecule has 4 nitrogen and oxygen atoms in total. The quantitative estimate of drug-likeness (QED) is 0.872. The van der Waals surface area contributed by atoms with Crippen LogP contribution in [0, 0.1) is 5.41 Å². The van der Waals surface area contributed by atoms with E-state index < -0.39 is 0 Å². The smallest absolute Gasteiger partial charge is 0.133 e. The van der Waals surface area contributed by atoms with Crippen LogP contribution in [0.4, 0.5) is 5.69 Å². The molecule has 4 heteroatoms. The third kappa shape index (κ3) is 2.19. The van der Waals surface area contributed by atoms with Gasteiger partial charge in [-0.1, -0.05) is 26.0 Å². The van der Waals surface area contributed by atoms with Gasteiger partial charge in [0.1, 0.15) is 12.2 Å². The van der Waals surface area contributed by atoms with E-state index in [0.29, 0.717) is 5.41 Å². The van der Waals surface area contributed by atoms with Crippen molar-refractivity contribution in [1.29, 1.82) is 0 Å². The molecule has 1 saturated carbocycles. The molecule has 0 spiro atoms. The maximum absolute atomic E-state index is 5.97. The Labute approximate surface area is 120 Å². The highest BCUT2D eigenvalue weighted by Gasteiger charge is 2.50. The van der Waals surface area contributed by atoms with Crippen molar-refractivity contribution in [3.63, 3.8) is 0 Å². The molecule has 1 heterocycles. The molecule has 1 fully saturated rings. The molecule has 0 saturated heterocycles. The second-order valence-electron chi connectivity index (χ2n) is 6.96. The Kier molecular flexibility index (Phi) is 2.85. The van der Waals surface area contributed by atoms with E-state index in [-0.39, 0.29) is 5.41 Å². The minimum Gasteiger partial charge on any atom is -0.399 e. The zero-order valence-electron chi connectivity index (χ0n) is 12.4. The number of nitrogens with two attached hydrogens (primary N) is 1. The Balaban J connectivity index is 1.96. The summed E-state index contributed by atoms with van der Waals surface area (Å²) >= 11 is 0. The van der Waals surface area contributed by atoms with Crippen molar-refractivity contribution in [3.8, 4) is 0 Å². The summed E-state index contributed by atoms with van der Waals surface area (Å²) in [5.41, 5.74) is 8.69. The lowest BCUT2D eigenvalue weighted by Crippen LogP contribution is -2.48. The van der Waals surface area contributed by atoms with Crippen molar-refractivity contribution in [2.45, 2.75) is 38.5 Å². The first-order valence-electron chi connectivity index (χ1n) is 7.09. The molecule has 106 valence electrons. The molecule has 1 aliphatic carbocycles. The van der Waals surface area contributed by atoms with Crippen LogP contribution in [0.2, 0.25) is 0 Å². The van der Waals surface area contributed by atoms with Crippen LogP contribution in [0.5, 0.6) is 0 Å². The Morgan fingerprint density at radius 3 is 2.60 bits per heavy atom. The number of anilines is 1. The van der Waals surface area contributed by atoms with Gasteiger partial charge < -0.3 is 10.3 Å². The second kappa shape index (κ2) is 4.33. The summed E-state index contributed by atoms with van der Waals surface area (Å²) in [5, 5.41) is 8.26. The highest BCUT2D eigenvalue weighted by Crippen LogP contribution is 2.56. The predicted octanol–water partition coefficient (Wildman–Crippen LogP) is 2.70. The third-order valence-corrected chi connectivity index (χ3v) is 4.43. The van der Waals surface area contributed by atoms with Crippen LogP contribution in [0.3, 0.4) is 0 Å². The normalized spacial score (nSPS) is 19.6. The van der Waals surface area contributed by atoms with Gasteiger partial charge in [0.05, 0.1) is 0 Å². The molecular weight excluding hydrogens is 248 g/mol. The lowest BCUT2D eigenvalue weighted by molar-refractivity contribution is 0.0546. The predicted molar refractivity (Wildman–Crippen MR) is 80.3 cm³/mol. The van der Waals surface area contributed by atoms with Gasteiger partial charge in [0.25, 0.3) is 0 Å². The van der Waals surface area contributed by atoms with Crippen molar-refractivity contribution >= 4 is 5.69 Å². The Hall–Kier alpha value is -1.84. The van der Waals surface area contributed by atoms with E-state index in [4.69, 9.17) is 5.73 Å². The minimum absolute atomic E-state index is 0.152. The van der Waals surface area contributed by atoms with Crippen molar-refractivity contribution in [3.05, 3.63) is 42.0 Å². The van der Waals surface area contributed by atoms with Crippen molar-refractivity contribution in [2.75, 3.05) is 5.73 Å². The first kappa shape index (κ1) is 13.2. The number of aromatic nitrogens is 3. The zero-order valence-corrected chi connectivity index (χ0v) is 12.4. The number of hydrogen-bond acceptors (Lipinski definition) is 3. The standard InChI is InChI=1S/C16H22N4/c1-15(2)9-16(10-15,8-14-19-18-11-20(14)3)12-5-4-6-13(17)7-12/h4-7,11H,8-10,17H2,1-3H3. The van der Waals surface area contributed by atoms with Gasteiger partial charge in [-0.05, 0) is 36.0 Å². The van der Waals surface area contributed by atoms with Gasteiger partial charge in [-0.15, -0.1) is 10.2 Å². The van der Waals surface area contributed by atoms with Gasteiger partial charge in [-0.25, -0.2) is 0 Å². The van der Waals surface area contributed by atoms with Gasteiger partial charge in [-0.2, -0.15) is 0 Å². The molecule has 0 amide bonds. The summed E-state index contributed by atoms with van der Waals surface area (Å²) < 4.78 is 2.01. The number of benzene rings is 1. The first-order chi connectivity index (χ1) is 9.40. The molecule has 0 aliphatic heterocycles. The minimum atomic E-state index is 0.152. The molecule has 0 atom stereocenters. The monoisotopic (exact) mass is 270 g/mol. The molecule has 2 aromatic rings. The summed E-state index contributed by atoms with van der Waals surface area (Å²) in [4.78, 5) is 0. The van der Waals surface area contributed by atoms with Crippen LogP contribution in [-0.2, 0) is 18.9 Å². The third-order valence-electron chi connectivity index (χ3n) is 4.43. The molecule has 20 heavy (non-hydrogen) atoms. The lowest BCUT2D eigenvalue weighted by Gasteiger charge is -2.54. The number of aryl methyl sites for hydroxylation is 1. The van der Waals surface area contributed by atoms with Crippen LogP contribution in [-0.4, -0.2) is 14.8 Å². The summed E-state index contributed by atoms with van der Waals surface area (Å²) in [6.07, 6.45) is 5.02. The van der Waals surface area contributed by atoms with Crippen LogP contribution >= 0.6 is 0 Å². The highest BCUT2D eigenvalue weighted by molar-refractivity contribution is 5.45. The molecule has 1 aromatic carbocycles. The fourth-order valence-corrected chi connectivity index (χ4v) is 3.85. The van der Waals surface area contributed by atoms with Crippen LogP contribution < -0.4 is 5.73 Å². The van der Waals surface area contributed by atoms with E-state index in [0.717, 1.165) is 30.8 Å². The lowest BCUT2D eigenvalue weighted by atomic mass is 9.50. The molecule has 3 rings (SSSR count). The molecular formula is C16H22N4. The molecule has 1 aliphatic rings. The largest absolute Gasteiger partial charge is 0.399 e. The number of rotatable bonds is 3. The Bertz CT molecular complexity index is 619. The van der Waals surface area contributed by atoms with E-state index in [1.54, 1.807) is 6.33 Å². The number of nitrogen functional groups attached to an aromatic ring is 1. The van der Waals surface area contributed by atoms with Crippen LogP contribution in [0.1, 0.15) is 38.1 Å². The maximum atomic E-state index is 5.97. The van der Waals surface area contributed by atoms with E-state index in [1.807, 2.05) is 17.7 Å². The maximum Gasteiger partial charge on any atom is 0.133 e. The fourth-order valence-electron chi connectivity index (χ4n) is 3.85. The van der Waals surface area contributed by atoms with Gasteiger partial charge in [0.2, 0.25) is 0 Å². The number of nitrogens with zero attached hydrogens (tertiary/aromatic N) is 3. The summed E-state index contributed by atoms with van der Waals surface area (Å²) in [6.45, 7) is 4.66. The average molecular weight is 270 g/mol. The van der Waals surface area contributed by atoms with Gasteiger partial charge >= 0.3 is 0 Å². The van der Waals surface area contributed by atoms with Gasteiger partial charge in [-0.3, -0.25) is 0 Å². The van der Waals surface area contributed by atoms with Crippen LogP contribution in [0.25, 0.3) is 0 Å². The molecule has 1 aromatic heterocycles. The van der Waals surface area contributed by atoms with Crippen molar-refractivity contribution < 1.29 is 0 Å². The topological polar surface area (TPSA) is 56.7 Å². The second-order valence-corrected chi connectivity index (χ2v) is 6.96. The SMILES string of the molecule is Cn1cnnc1CC1(c2cccc(N)c2)CC(C)(C)C1. The average Bonchev–Trinajstić information content (AvgIpc) is 2.72. The van der Waals surface area contributed by atoms with Crippen LogP contribution in [0.15, 0.2) is 30.6 Å². The van der Waals surface area contributed by atoms with Gasteiger partial charge in [0.15, 0.2) is 0 Å². The Morgan fingerprint density at radius 2 is 2.05 bits per heavy atom. The fraction of sp³-hybridized carbons (Fsp3) is 0.500. The Morgan fingerprint density at radius 1 is 1.30 bits per heavy atom. The molecule has 0 radical (unpaired) electrons. The van der Waals surface area contributed by atoms with E-state index in [9.17, 15) is 0 Å². The first-order valence-corrected chi connectivity index (χ1v) is 7.09. The number of hydrogen-bond donors (Lipinski definition) is 1. The summed E-state index contributed by atoms with van der Waals surface area (Å²) in [6, 6.07) is 8.31. The molecule has 2 N–H and O–H groups in total. The van der Waals surface area contributed by atoms with E-state index in [1.165, 1.54) is 5.56 Å². The van der Waals surface area contributed by atoms with Gasteiger partial charge in [0, 0.05) is 24.6 Å². The van der Waals surface area contributed by atoms with E-state index in [2.05, 4.69) is 42.2 Å². The highest BCUT2D eigenvalue weighted by atomic mass is 15.2. The zero-order chi connectivity index (χ0) is 14.4. The summed E-state index contributed by atoms with van der Waals surface area (Å²) in [7, 11) is 2.01. The molecule has 0 unspecified atom stereocenters. The van der Waals surface area contributed by atoms with Crippen molar-refractivity contribution in [2.24, 2.45) is 12.5 Å². The van der Waals surface area contributed by atoms with Crippen molar-refractivity contribution in [1.82, 2.24) is 14.8 Å². The molecule has 0 bridgehead atoms. The van der Waals surface area contributed by atoms with E-state index >= 15 is 0 Å². The summed E-state index contributed by atoms with van der Waals surface area (Å²) in [5.74, 6) is 1.04.